The van der Waals surface area contributed by atoms with Gasteiger partial charge in [-0.25, -0.2) is 0 Å². The summed E-state index contributed by atoms with van der Waals surface area (Å²) >= 11 is 0. The van der Waals surface area contributed by atoms with Crippen LogP contribution in [0, 0.1) is 11.3 Å². The van der Waals surface area contributed by atoms with Gasteiger partial charge in [0.05, 0.1) is 6.10 Å². The predicted octanol–water partition coefficient (Wildman–Crippen LogP) is 2.73. The summed E-state index contributed by atoms with van der Waals surface area (Å²) in [5.41, 5.74) is 0.768. The minimum Gasteiger partial charge on any atom is -0.378 e. The molecule has 3 aliphatic rings. The van der Waals surface area contributed by atoms with E-state index in [1.807, 2.05) is 0 Å². The van der Waals surface area contributed by atoms with Crippen molar-refractivity contribution in [1.29, 1.82) is 0 Å². The summed E-state index contributed by atoms with van der Waals surface area (Å²) in [6, 6.07) is 0. The number of hydrogen-bond donors (Lipinski definition) is 1. The van der Waals surface area contributed by atoms with Crippen LogP contribution in [0.5, 0.6) is 0 Å². The van der Waals surface area contributed by atoms with Crippen LogP contribution in [0.4, 0.5) is 0 Å². The van der Waals surface area contributed by atoms with Gasteiger partial charge in [0.1, 0.15) is 0 Å². The van der Waals surface area contributed by atoms with E-state index in [0.717, 1.165) is 17.9 Å². The Labute approximate surface area is 99.1 Å². The molecule has 1 saturated heterocycles. The highest BCUT2D eigenvalue weighted by molar-refractivity contribution is 5.04. The predicted molar refractivity (Wildman–Crippen MR) is 65.5 cm³/mol. The molecule has 0 aromatic carbocycles. The first-order valence-corrected chi connectivity index (χ1v) is 7.21. The van der Waals surface area contributed by atoms with E-state index in [4.69, 9.17) is 4.74 Å². The topological polar surface area (TPSA) is 21.3 Å². The van der Waals surface area contributed by atoms with Gasteiger partial charge in [0, 0.05) is 13.2 Å². The number of rotatable bonds is 7. The lowest BCUT2D eigenvalue weighted by Gasteiger charge is -2.15. The summed E-state index contributed by atoms with van der Waals surface area (Å²) < 4.78 is 5.63. The Hall–Kier alpha value is -0.0800. The van der Waals surface area contributed by atoms with Gasteiger partial charge in [0.15, 0.2) is 0 Å². The van der Waals surface area contributed by atoms with Crippen LogP contribution in [0.3, 0.4) is 0 Å². The van der Waals surface area contributed by atoms with Crippen LogP contribution in [0.15, 0.2) is 0 Å². The van der Waals surface area contributed by atoms with E-state index in [1.165, 1.54) is 64.5 Å². The zero-order valence-electron chi connectivity index (χ0n) is 10.3. The molecular formula is C14H25NO. The van der Waals surface area contributed by atoms with Crippen molar-refractivity contribution in [2.75, 3.05) is 19.7 Å². The Morgan fingerprint density at radius 1 is 1.19 bits per heavy atom. The lowest BCUT2D eigenvalue weighted by atomic mass is 10.0. The number of hydrogen-bond acceptors (Lipinski definition) is 2. The molecule has 3 fully saturated rings. The van der Waals surface area contributed by atoms with Crippen molar-refractivity contribution in [2.24, 2.45) is 11.3 Å². The maximum absolute atomic E-state index is 5.63. The summed E-state index contributed by atoms with van der Waals surface area (Å²) in [6.07, 6.45) is 11.7. The molecule has 0 radical (unpaired) electrons. The van der Waals surface area contributed by atoms with Gasteiger partial charge >= 0.3 is 0 Å². The Morgan fingerprint density at radius 2 is 2.06 bits per heavy atom. The Morgan fingerprint density at radius 3 is 2.69 bits per heavy atom. The molecule has 0 amide bonds. The van der Waals surface area contributed by atoms with Gasteiger partial charge in [0.2, 0.25) is 0 Å². The van der Waals surface area contributed by atoms with Gasteiger partial charge in [-0.3, -0.25) is 0 Å². The second-order valence-electron chi connectivity index (χ2n) is 6.09. The van der Waals surface area contributed by atoms with Crippen LogP contribution >= 0.6 is 0 Å². The molecule has 2 heteroatoms. The van der Waals surface area contributed by atoms with Gasteiger partial charge < -0.3 is 10.1 Å². The fraction of sp³-hybridized carbons (Fsp3) is 1.00. The van der Waals surface area contributed by atoms with Crippen molar-refractivity contribution in [2.45, 2.75) is 57.5 Å². The largest absolute Gasteiger partial charge is 0.378 e. The quantitative estimate of drug-likeness (QED) is 0.670. The average Bonchev–Trinajstić information content (AvgIpc) is 3.18. The Kier molecular flexibility index (Phi) is 3.21. The fourth-order valence-electron chi connectivity index (χ4n) is 3.25. The van der Waals surface area contributed by atoms with Crippen molar-refractivity contribution in [3.8, 4) is 0 Å². The van der Waals surface area contributed by atoms with E-state index in [9.17, 15) is 0 Å². The van der Waals surface area contributed by atoms with E-state index in [1.54, 1.807) is 0 Å². The van der Waals surface area contributed by atoms with Crippen molar-refractivity contribution in [3.05, 3.63) is 0 Å². The molecular weight excluding hydrogens is 198 g/mol. The molecule has 2 aliphatic carbocycles. The number of ether oxygens (including phenoxy) is 1. The summed E-state index contributed by atoms with van der Waals surface area (Å²) in [7, 11) is 0. The maximum atomic E-state index is 5.63. The maximum Gasteiger partial charge on any atom is 0.0576 e. The normalized spacial score (nSPS) is 31.9. The minimum atomic E-state index is 0.583. The standard InChI is InChI=1S/C14H25NO/c1(3-13-4-2-10-16-13)9-15-11-14(7-8-14)12-5-6-12/h12-13,15H,1-11H2. The highest BCUT2D eigenvalue weighted by atomic mass is 16.5. The fourth-order valence-corrected chi connectivity index (χ4v) is 3.25. The van der Waals surface area contributed by atoms with Crippen LogP contribution < -0.4 is 5.32 Å². The molecule has 1 unspecified atom stereocenters. The zero-order chi connectivity index (χ0) is 10.8. The molecule has 1 aliphatic heterocycles. The third kappa shape index (κ3) is 2.60. The lowest BCUT2D eigenvalue weighted by Crippen LogP contribution is -2.26. The summed E-state index contributed by atoms with van der Waals surface area (Å²) in [5.74, 6) is 1.10. The summed E-state index contributed by atoms with van der Waals surface area (Å²) in [6.45, 7) is 3.50. The molecule has 2 nitrogen and oxygen atoms in total. The third-order valence-electron chi connectivity index (χ3n) is 4.72. The molecule has 0 aromatic heterocycles. The Bertz CT molecular complexity index is 227. The van der Waals surface area contributed by atoms with Crippen LogP contribution in [0.2, 0.25) is 0 Å². The van der Waals surface area contributed by atoms with E-state index in [-0.39, 0.29) is 0 Å². The van der Waals surface area contributed by atoms with Gasteiger partial charge in [0.25, 0.3) is 0 Å². The SMILES string of the molecule is C(CNCC1(C2CC2)CC1)CC1CCCO1. The van der Waals surface area contributed by atoms with E-state index in [2.05, 4.69) is 5.32 Å². The van der Waals surface area contributed by atoms with E-state index in [0.29, 0.717) is 6.10 Å². The van der Waals surface area contributed by atoms with Crippen molar-refractivity contribution < 1.29 is 4.74 Å². The van der Waals surface area contributed by atoms with Gasteiger partial charge in [-0.2, -0.15) is 0 Å². The first-order chi connectivity index (χ1) is 7.89. The van der Waals surface area contributed by atoms with Gasteiger partial charge in [-0.1, -0.05) is 0 Å². The molecule has 0 spiro atoms. The average molecular weight is 223 g/mol. The highest BCUT2D eigenvalue weighted by Crippen LogP contribution is 2.60. The van der Waals surface area contributed by atoms with Crippen LogP contribution in [0.1, 0.15) is 51.4 Å². The van der Waals surface area contributed by atoms with Crippen LogP contribution in [0.25, 0.3) is 0 Å². The van der Waals surface area contributed by atoms with Crippen LogP contribution in [-0.4, -0.2) is 25.8 Å². The van der Waals surface area contributed by atoms with Crippen LogP contribution in [-0.2, 0) is 4.74 Å². The molecule has 1 N–H and O–H groups in total. The van der Waals surface area contributed by atoms with E-state index < -0.39 is 0 Å². The summed E-state index contributed by atoms with van der Waals surface area (Å²) in [4.78, 5) is 0. The molecule has 16 heavy (non-hydrogen) atoms. The summed E-state index contributed by atoms with van der Waals surface area (Å²) in [5, 5.41) is 3.68. The Balaban J connectivity index is 1.24. The smallest absolute Gasteiger partial charge is 0.0576 e. The second kappa shape index (κ2) is 4.66. The molecule has 92 valence electrons. The molecule has 2 saturated carbocycles. The lowest BCUT2D eigenvalue weighted by molar-refractivity contribution is 0.102. The minimum absolute atomic E-state index is 0.583. The second-order valence-corrected chi connectivity index (χ2v) is 6.09. The van der Waals surface area contributed by atoms with Crippen molar-refractivity contribution in [1.82, 2.24) is 5.32 Å². The van der Waals surface area contributed by atoms with Gasteiger partial charge in [-0.05, 0) is 69.2 Å². The monoisotopic (exact) mass is 223 g/mol. The van der Waals surface area contributed by atoms with E-state index >= 15 is 0 Å². The van der Waals surface area contributed by atoms with Crippen molar-refractivity contribution >= 4 is 0 Å². The first kappa shape index (κ1) is 11.0. The molecule has 0 aromatic rings. The number of nitrogens with one attached hydrogen (secondary N) is 1. The third-order valence-corrected chi connectivity index (χ3v) is 4.72. The van der Waals surface area contributed by atoms with Crippen molar-refractivity contribution in [3.63, 3.8) is 0 Å². The van der Waals surface area contributed by atoms with Gasteiger partial charge in [-0.15, -0.1) is 0 Å². The first-order valence-electron chi connectivity index (χ1n) is 7.21. The highest BCUT2D eigenvalue weighted by Gasteiger charge is 2.52. The molecule has 1 heterocycles. The molecule has 0 bridgehead atoms. The zero-order valence-corrected chi connectivity index (χ0v) is 10.3. The molecule has 3 rings (SSSR count). The molecule has 1 atom stereocenters.